The molecule has 1 aromatic carbocycles. The van der Waals surface area contributed by atoms with Crippen LogP contribution in [0, 0.1) is 11.6 Å². The van der Waals surface area contributed by atoms with Crippen LogP contribution in [0.2, 0.25) is 0 Å². The fraction of sp³-hybridized carbons (Fsp3) is 0.417. The van der Waals surface area contributed by atoms with E-state index in [1.54, 1.807) is 0 Å². The summed E-state index contributed by atoms with van der Waals surface area (Å²) in [6, 6.07) is 2.59. The standard InChI is InChI=1S/C12H14F2N2O2.ClH/c13-8-2-1-7(5-9(8)14)12(18)16-10-3-4-15-6-11(10)17;/h1-2,5,10-11,15,17H,3-4,6H2,(H,16,18);1H/t10-,11-;/m1./s1. The molecule has 0 aliphatic carbocycles. The fourth-order valence-corrected chi connectivity index (χ4v) is 1.90. The molecule has 1 saturated heterocycles. The minimum atomic E-state index is -1.06. The second-order valence-corrected chi connectivity index (χ2v) is 4.27. The first-order chi connectivity index (χ1) is 8.58. The number of aliphatic hydroxyl groups excluding tert-OH is 1. The first-order valence-corrected chi connectivity index (χ1v) is 5.72. The quantitative estimate of drug-likeness (QED) is 0.757. The van der Waals surface area contributed by atoms with Gasteiger partial charge in [0.15, 0.2) is 11.6 Å². The van der Waals surface area contributed by atoms with E-state index in [1.165, 1.54) is 6.07 Å². The first-order valence-electron chi connectivity index (χ1n) is 5.72. The number of carbonyl (C=O) groups excluding carboxylic acids is 1. The third-order valence-electron chi connectivity index (χ3n) is 2.95. The van der Waals surface area contributed by atoms with Gasteiger partial charge in [-0.1, -0.05) is 0 Å². The number of nitrogens with one attached hydrogen (secondary N) is 2. The molecule has 1 aromatic rings. The Morgan fingerprint density at radius 3 is 2.74 bits per heavy atom. The number of hydrogen-bond donors (Lipinski definition) is 3. The summed E-state index contributed by atoms with van der Waals surface area (Å²) in [4.78, 5) is 11.8. The van der Waals surface area contributed by atoms with Crippen LogP contribution >= 0.6 is 12.4 Å². The normalized spacial score (nSPS) is 22.5. The SMILES string of the molecule is Cl.O=C(N[C@@H]1CCNC[C@H]1O)c1ccc(F)c(F)c1. The van der Waals surface area contributed by atoms with Crippen LogP contribution < -0.4 is 10.6 Å². The number of carbonyl (C=O) groups is 1. The van der Waals surface area contributed by atoms with E-state index < -0.39 is 23.6 Å². The van der Waals surface area contributed by atoms with Crippen LogP contribution in [0.3, 0.4) is 0 Å². The summed E-state index contributed by atoms with van der Waals surface area (Å²) >= 11 is 0. The lowest BCUT2D eigenvalue weighted by Gasteiger charge is -2.29. The van der Waals surface area contributed by atoms with Crippen molar-refractivity contribution in [3.63, 3.8) is 0 Å². The van der Waals surface area contributed by atoms with Gasteiger partial charge in [0.2, 0.25) is 0 Å². The van der Waals surface area contributed by atoms with Gasteiger partial charge in [-0.2, -0.15) is 0 Å². The third-order valence-corrected chi connectivity index (χ3v) is 2.95. The number of aliphatic hydroxyl groups is 1. The highest BCUT2D eigenvalue weighted by Crippen LogP contribution is 2.10. The fourth-order valence-electron chi connectivity index (χ4n) is 1.90. The smallest absolute Gasteiger partial charge is 0.251 e. The summed E-state index contributed by atoms with van der Waals surface area (Å²) < 4.78 is 25.7. The average molecular weight is 293 g/mol. The molecule has 1 amide bonds. The summed E-state index contributed by atoms with van der Waals surface area (Å²) in [7, 11) is 0. The Morgan fingerprint density at radius 1 is 1.37 bits per heavy atom. The molecule has 0 radical (unpaired) electrons. The molecule has 0 aromatic heterocycles. The van der Waals surface area contributed by atoms with Crippen LogP contribution in [0.25, 0.3) is 0 Å². The van der Waals surface area contributed by atoms with Gasteiger partial charge in [0.25, 0.3) is 5.91 Å². The zero-order valence-corrected chi connectivity index (χ0v) is 10.8. The van der Waals surface area contributed by atoms with Crippen molar-refractivity contribution in [2.75, 3.05) is 13.1 Å². The number of hydrogen-bond acceptors (Lipinski definition) is 3. The van der Waals surface area contributed by atoms with Crippen molar-refractivity contribution in [1.82, 2.24) is 10.6 Å². The maximum atomic E-state index is 13.0. The van der Waals surface area contributed by atoms with Crippen molar-refractivity contribution < 1.29 is 18.7 Å². The topological polar surface area (TPSA) is 61.4 Å². The maximum absolute atomic E-state index is 13.0. The third kappa shape index (κ3) is 3.86. The van der Waals surface area contributed by atoms with Crippen molar-refractivity contribution in [3.05, 3.63) is 35.4 Å². The Labute approximate surface area is 115 Å². The van der Waals surface area contributed by atoms with E-state index in [1.807, 2.05) is 0 Å². The molecule has 3 N–H and O–H groups in total. The highest BCUT2D eigenvalue weighted by molar-refractivity contribution is 5.94. The van der Waals surface area contributed by atoms with Crippen molar-refractivity contribution in [2.24, 2.45) is 0 Å². The summed E-state index contributed by atoms with van der Waals surface area (Å²) in [5, 5.41) is 15.2. The maximum Gasteiger partial charge on any atom is 0.251 e. The van der Waals surface area contributed by atoms with E-state index in [-0.39, 0.29) is 24.0 Å². The van der Waals surface area contributed by atoms with Gasteiger partial charge in [0.1, 0.15) is 0 Å². The van der Waals surface area contributed by atoms with Crippen molar-refractivity contribution in [3.8, 4) is 0 Å². The highest BCUT2D eigenvalue weighted by atomic mass is 35.5. The molecule has 4 nitrogen and oxygen atoms in total. The first kappa shape index (κ1) is 15.8. The molecule has 1 fully saturated rings. The lowest BCUT2D eigenvalue weighted by atomic mass is 10.0. The molecule has 2 atom stereocenters. The summed E-state index contributed by atoms with van der Waals surface area (Å²) in [6.45, 7) is 1.10. The summed E-state index contributed by atoms with van der Waals surface area (Å²) in [5.74, 6) is -2.57. The molecule has 106 valence electrons. The molecule has 2 rings (SSSR count). The second-order valence-electron chi connectivity index (χ2n) is 4.27. The van der Waals surface area contributed by atoms with Crippen LogP contribution in [0.4, 0.5) is 8.78 Å². The summed E-state index contributed by atoms with van der Waals surface area (Å²) in [6.07, 6.45) is -0.0793. The Bertz CT molecular complexity index is 459. The van der Waals surface area contributed by atoms with Gasteiger partial charge in [0, 0.05) is 12.1 Å². The van der Waals surface area contributed by atoms with Gasteiger partial charge in [0.05, 0.1) is 12.1 Å². The molecular formula is C12H15ClF2N2O2. The van der Waals surface area contributed by atoms with E-state index >= 15 is 0 Å². The van der Waals surface area contributed by atoms with E-state index in [4.69, 9.17) is 0 Å². The largest absolute Gasteiger partial charge is 0.390 e. The second kappa shape index (κ2) is 6.79. The van der Waals surface area contributed by atoms with Gasteiger partial charge in [-0.25, -0.2) is 8.78 Å². The lowest BCUT2D eigenvalue weighted by Crippen LogP contribution is -2.52. The minimum Gasteiger partial charge on any atom is -0.390 e. The Balaban J connectivity index is 0.00000180. The Morgan fingerprint density at radius 2 is 2.11 bits per heavy atom. The molecule has 0 unspecified atom stereocenters. The summed E-state index contributed by atoms with van der Waals surface area (Å²) in [5.41, 5.74) is 0.0413. The number of rotatable bonds is 2. The van der Waals surface area contributed by atoms with Gasteiger partial charge >= 0.3 is 0 Å². The molecule has 0 spiro atoms. The predicted octanol–water partition coefficient (Wildman–Crippen LogP) is 0.839. The molecule has 1 aliphatic heterocycles. The number of amides is 1. The van der Waals surface area contributed by atoms with E-state index in [0.717, 1.165) is 12.1 Å². The van der Waals surface area contributed by atoms with Gasteiger partial charge in [-0.05, 0) is 31.2 Å². The molecule has 19 heavy (non-hydrogen) atoms. The minimum absolute atomic E-state index is 0. The van der Waals surface area contributed by atoms with Crippen LogP contribution in [-0.4, -0.2) is 36.2 Å². The van der Waals surface area contributed by atoms with Gasteiger partial charge in [-0.3, -0.25) is 4.79 Å². The van der Waals surface area contributed by atoms with Gasteiger partial charge in [-0.15, -0.1) is 12.4 Å². The van der Waals surface area contributed by atoms with E-state index in [9.17, 15) is 18.7 Å². The van der Waals surface area contributed by atoms with Crippen molar-refractivity contribution >= 4 is 18.3 Å². The molecule has 0 saturated carbocycles. The van der Waals surface area contributed by atoms with Crippen LogP contribution in [0.15, 0.2) is 18.2 Å². The highest BCUT2D eigenvalue weighted by Gasteiger charge is 2.24. The van der Waals surface area contributed by atoms with Gasteiger partial charge < -0.3 is 15.7 Å². The molecule has 7 heteroatoms. The zero-order valence-electron chi connectivity index (χ0n) is 10.0. The van der Waals surface area contributed by atoms with E-state index in [0.29, 0.717) is 19.5 Å². The van der Waals surface area contributed by atoms with Crippen LogP contribution in [0.1, 0.15) is 16.8 Å². The Hall–Kier alpha value is -1.24. The number of piperidine rings is 1. The molecule has 1 heterocycles. The molecule has 0 bridgehead atoms. The van der Waals surface area contributed by atoms with Crippen LogP contribution in [-0.2, 0) is 0 Å². The zero-order chi connectivity index (χ0) is 13.1. The number of halogens is 3. The number of benzene rings is 1. The molecule has 1 aliphatic rings. The van der Waals surface area contributed by atoms with Crippen molar-refractivity contribution in [1.29, 1.82) is 0 Å². The predicted molar refractivity (Wildman–Crippen MR) is 68.4 cm³/mol. The monoisotopic (exact) mass is 292 g/mol. The number of β-amino-alcohol motifs (C(OH)–C–C–N with tert-alkyl or cyclic N) is 1. The van der Waals surface area contributed by atoms with Crippen molar-refractivity contribution in [2.45, 2.75) is 18.6 Å². The van der Waals surface area contributed by atoms with Crippen LogP contribution in [0.5, 0.6) is 0 Å². The lowest BCUT2D eigenvalue weighted by molar-refractivity contribution is 0.0765. The Kier molecular flexibility index (Phi) is 5.65. The van der Waals surface area contributed by atoms with E-state index in [2.05, 4.69) is 10.6 Å². The molecular weight excluding hydrogens is 278 g/mol. The average Bonchev–Trinajstić information content (AvgIpc) is 2.35.